The first kappa shape index (κ1) is 16.1. The third-order valence-electron chi connectivity index (χ3n) is 1.82. The lowest BCUT2D eigenvalue weighted by molar-refractivity contribution is -0.131. The molecule has 0 aliphatic heterocycles. The molecule has 0 fully saturated rings. The minimum absolute atomic E-state index is 0.225. The molecule has 3 N–H and O–H groups in total. The largest absolute Gasteiger partial charge is 0.478 e. The normalized spacial score (nSPS) is 11.3. The topological polar surface area (TPSA) is 105 Å². The predicted molar refractivity (Wildman–Crippen MR) is 64.0 cm³/mol. The van der Waals surface area contributed by atoms with Gasteiger partial charge in [0, 0.05) is 25.3 Å². The number of nitrogens with one attached hydrogen (secondary N) is 2. The maximum absolute atomic E-state index is 11.3. The Balaban J connectivity index is 4.05. The highest BCUT2D eigenvalue weighted by molar-refractivity contribution is 6.02. The molecule has 0 aliphatic carbocycles. The second kappa shape index (κ2) is 7.44. The first-order valence-corrected chi connectivity index (χ1v) is 5.40. The van der Waals surface area contributed by atoms with Gasteiger partial charge in [0.1, 0.15) is 0 Å². The van der Waals surface area contributed by atoms with Crippen molar-refractivity contribution in [1.29, 1.82) is 0 Å². The molecule has 0 radical (unpaired) electrons. The molecule has 0 spiro atoms. The average molecular weight is 258 g/mol. The smallest absolute Gasteiger partial charge is 0.328 e. The van der Waals surface area contributed by atoms with Crippen LogP contribution < -0.4 is 10.6 Å². The molecule has 7 heteroatoms. The lowest BCUT2D eigenvalue weighted by atomic mass is 10.1. The Morgan fingerprint density at radius 2 is 1.89 bits per heavy atom. The van der Waals surface area contributed by atoms with Crippen molar-refractivity contribution in [3.63, 3.8) is 0 Å². The van der Waals surface area contributed by atoms with Gasteiger partial charge in [-0.05, 0) is 20.8 Å². The van der Waals surface area contributed by atoms with Crippen molar-refractivity contribution < 1.29 is 24.2 Å². The molecule has 0 heterocycles. The fourth-order valence-corrected chi connectivity index (χ4v) is 1.08. The lowest BCUT2D eigenvalue weighted by Crippen LogP contribution is -2.46. The van der Waals surface area contributed by atoms with Crippen molar-refractivity contribution in [2.24, 2.45) is 0 Å². The van der Waals surface area contributed by atoms with Gasteiger partial charge >= 0.3 is 12.0 Å². The van der Waals surface area contributed by atoms with Crippen molar-refractivity contribution in [3.05, 3.63) is 12.2 Å². The highest BCUT2D eigenvalue weighted by Crippen LogP contribution is 2.06. The van der Waals surface area contributed by atoms with E-state index in [0.717, 1.165) is 6.08 Å². The minimum atomic E-state index is -1.26. The molecule has 3 amide bonds. The summed E-state index contributed by atoms with van der Waals surface area (Å²) >= 11 is 0. The molecule has 0 aliphatic rings. The zero-order chi connectivity index (χ0) is 14.2. The summed E-state index contributed by atoms with van der Waals surface area (Å²) < 4.78 is 5.34. The Morgan fingerprint density at radius 1 is 1.28 bits per heavy atom. The van der Waals surface area contributed by atoms with E-state index in [-0.39, 0.29) is 6.54 Å². The number of hydrogen-bond donors (Lipinski definition) is 3. The number of amides is 3. The van der Waals surface area contributed by atoms with E-state index in [1.54, 1.807) is 13.8 Å². The van der Waals surface area contributed by atoms with Crippen molar-refractivity contribution in [2.45, 2.75) is 26.4 Å². The monoisotopic (exact) mass is 258 g/mol. The SMILES string of the molecule is CCOC(C)(C)CNC(=O)NC(=O)/C=C/C(=O)O. The van der Waals surface area contributed by atoms with Gasteiger partial charge in [-0.15, -0.1) is 0 Å². The van der Waals surface area contributed by atoms with Crippen LogP contribution in [0.2, 0.25) is 0 Å². The van der Waals surface area contributed by atoms with Gasteiger partial charge in [-0.2, -0.15) is 0 Å². The van der Waals surface area contributed by atoms with Crippen LogP contribution in [-0.4, -0.2) is 41.8 Å². The third kappa shape index (κ3) is 8.28. The van der Waals surface area contributed by atoms with Gasteiger partial charge in [-0.25, -0.2) is 9.59 Å². The van der Waals surface area contributed by atoms with Crippen molar-refractivity contribution >= 4 is 17.9 Å². The molecule has 7 nitrogen and oxygen atoms in total. The van der Waals surface area contributed by atoms with E-state index >= 15 is 0 Å². The Labute approximate surface area is 105 Å². The van der Waals surface area contributed by atoms with Crippen LogP contribution in [-0.2, 0) is 14.3 Å². The molecule has 0 aromatic rings. The molecule has 0 saturated carbocycles. The number of aliphatic carboxylic acids is 1. The first-order valence-electron chi connectivity index (χ1n) is 5.40. The summed E-state index contributed by atoms with van der Waals surface area (Å²) in [6, 6.07) is -0.706. The minimum Gasteiger partial charge on any atom is -0.478 e. The van der Waals surface area contributed by atoms with Crippen molar-refractivity contribution in [2.75, 3.05) is 13.2 Å². The molecule has 0 aromatic carbocycles. The van der Waals surface area contributed by atoms with Crippen LogP contribution in [0.4, 0.5) is 4.79 Å². The highest BCUT2D eigenvalue weighted by Gasteiger charge is 2.18. The maximum Gasteiger partial charge on any atom is 0.328 e. The number of rotatable bonds is 6. The van der Waals surface area contributed by atoms with E-state index in [9.17, 15) is 14.4 Å². The van der Waals surface area contributed by atoms with Gasteiger partial charge < -0.3 is 15.2 Å². The molecule has 18 heavy (non-hydrogen) atoms. The Kier molecular flexibility index (Phi) is 6.66. The van der Waals surface area contributed by atoms with Crippen LogP contribution in [0.15, 0.2) is 12.2 Å². The zero-order valence-electron chi connectivity index (χ0n) is 10.6. The molecular weight excluding hydrogens is 240 g/mol. The van der Waals surface area contributed by atoms with Gasteiger partial charge in [0.05, 0.1) is 5.60 Å². The van der Waals surface area contributed by atoms with Gasteiger partial charge in [-0.1, -0.05) is 0 Å². The van der Waals surface area contributed by atoms with Gasteiger partial charge in [0.2, 0.25) is 0 Å². The Morgan fingerprint density at radius 3 is 2.39 bits per heavy atom. The second-order valence-corrected chi connectivity index (χ2v) is 4.04. The summed E-state index contributed by atoms with van der Waals surface area (Å²) in [6.07, 6.45) is 1.41. The number of urea groups is 1. The Bertz CT molecular complexity index is 349. The van der Waals surface area contributed by atoms with Crippen LogP contribution in [0.1, 0.15) is 20.8 Å². The summed E-state index contributed by atoms with van der Waals surface area (Å²) in [5.41, 5.74) is -0.536. The molecule has 0 atom stereocenters. The lowest BCUT2D eigenvalue weighted by Gasteiger charge is -2.24. The van der Waals surface area contributed by atoms with Crippen LogP contribution >= 0.6 is 0 Å². The average Bonchev–Trinajstić information content (AvgIpc) is 2.24. The quantitative estimate of drug-likeness (QED) is 0.593. The van der Waals surface area contributed by atoms with E-state index in [1.165, 1.54) is 0 Å². The van der Waals surface area contributed by atoms with Crippen molar-refractivity contribution in [3.8, 4) is 0 Å². The number of ether oxygens (including phenoxy) is 1. The van der Waals surface area contributed by atoms with Gasteiger partial charge in [-0.3, -0.25) is 10.1 Å². The number of carbonyl (C=O) groups excluding carboxylic acids is 2. The Hall–Kier alpha value is -1.89. The summed E-state index contributed by atoms with van der Waals surface area (Å²) in [4.78, 5) is 32.5. The fourth-order valence-electron chi connectivity index (χ4n) is 1.08. The van der Waals surface area contributed by atoms with E-state index in [0.29, 0.717) is 12.7 Å². The number of imide groups is 1. The van der Waals surface area contributed by atoms with Crippen LogP contribution in [0.25, 0.3) is 0 Å². The maximum atomic E-state index is 11.3. The van der Waals surface area contributed by atoms with E-state index in [1.807, 2.05) is 12.2 Å². The fraction of sp³-hybridized carbons (Fsp3) is 0.545. The number of carbonyl (C=O) groups is 3. The van der Waals surface area contributed by atoms with E-state index in [4.69, 9.17) is 9.84 Å². The van der Waals surface area contributed by atoms with Crippen LogP contribution in [0.5, 0.6) is 0 Å². The summed E-state index contributed by atoms with van der Waals surface area (Å²) in [5, 5.41) is 12.7. The van der Waals surface area contributed by atoms with Gasteiger partial charge in [0.25, 0.3) is 5.91 Å². The standard InChI is InChI=1S/C11H18N2O5/c1-4-18-11(2,3)7-12-10(17)13-8(14)5-6-9(15)16/h5-6H,4,7H2,1-3H3,(H,15,16)(H2,12,13,14,17)/b6-5+. The number of carboxylic acid groups (broad SMARTS) is 1. The molecule has 0 saturated heterocycles. The predicted octanol–water partition coefficient (Wildman–Crippen LogP) is 0.268. The highest BCUT2D eigenvalue weighted by atomic mass is 16.5. The first-order chi connectivity index (χ1) is 8.26. The van der Waals surface area contributed by atoms with E-state index < -0.39 is 23.5 Å². The molecular formula is C11H18N2O5. The van der Waals surface area contributed by atoms with Crippen LogP contribution in [0, 0.1) is 0 Å². The van der Waals surface area contributed by atoms with Gasteiger partial charge in [0.15, 0.2) is 0 Å². The molecule has 0 bridgehead atoms. The summed E-state index contributed by atoms with van der Waals surface area (Å²) in [6.45, 7) is 6.16. The summed E-state index contributed by atoms with van der Waals surface area (Å²) in [5.74, 6) is -2.06. The molecule has 0 aromatic heterocycles. The number of hydrogen-bond acceptors (Lipinski definition) is 4. The zero-order valence-corrected chi connectivity index (χ0v) is 10.6. The second-order valence-electron chi connectivity index (χ2n) is 4.04. The molecule has 0 unspecified atom stereocenters. The van der Waals surface area contributed by atoms with Crippen molar-refractivity contribution in [1.82, 2.24) is 10.6 Å². The van der Waals surface area contributed by atoms with E-state index in [2.05, 4.69) is 5.32 Å². The van der Waals surface area contributed by atoms with Crippen LogP contribution in [0.3, 0.4) is 0 Å². The summed E-state index contributed by atoms with van der Waals surface area (Å²) in [7, 11) is 0. The number of carboxylic acids is 1. The third-order valence-corrected chi connectivity index (χ3v) is 1.82. The molecule has 0 rings (SSSR count). The molecule has 102 valence electrons.